The molecule has 0 aliphatic rings. The molecule has 0 aromatic heterocycles. The van der Waals surface area contributed by atoms with Crippen molar-refractivity contribution in [3.63, 3.8) is 0 Å². The molecule has 2 aromatic rings. The summed E-state index contributed by atoms with van der Waals surface area (Å²) in [7, 11) is 1.46. The van der Waals surface area contributed by atoms with Crippen molar-refractivity contribution in [3.05, 3.63) is 82.6 Å². The number of carbonyl (C=O) groups excluding carboxylic acids is 1. The Bertz CT molecular complexity index is 1050. The van der Waals surface area contributed by atoms with E-state index in [0.717, 1.165) is 6.08 Å². The smallest absolute Gasteiger partial charge is 0.358 e. The van der Waals surface area contributed by atoms with Crippen LogP contribution in [-0.2, 0) is 4.79 Å². The zero-order valence-corrected chi connectivity index (χ0v) is 19.9. The minimum atomic E-state index is -4.52. The summed E-state index contributed by atoms with van der Waals surface area (Å²) in [6.45, 7) is 3.22. The SMILES string of the molecule is CC/C=C(\N=CCCCC(NC(C(=O)NC)c1cccc(F)c1)c1ccc(F)c(C)c1)C(F)(F)F. The Morgan fingerprint density at radius 3 is 2.46 bits per heavy atom. The minimum absolute atomic E-state index is 0.211. The lowest BCUT2D eigenvalue weighted by Gasteiger charge is -2.26. The van der Waals surface area contributed by atoms with Gasteiger partial charge in [-0.15, -0.1) is 0 Å². The molecule has 0 aliphatic carbocycles. The molecule has 35 heavy (non-hydrogen) atoms. The molecule has 9 heteroatoms. The van der Waals surface area contributed by atoms with E-state index in [4.69, 9.17) is 0 Å². The Morgan fingerprint density at radius 2 is 1.86 bits per heavy atom. The van der Waals surface area contributed by atoms with Gasteiger partial charge in [0.15, 0.2) is 0 Å². The third kappa shape index (κ3) is 8.58. The second-order valence-corrected chi connectivity index (χ2v) is 8.07. The molecule has 2 atom stereocenters. The van der Waals surface area contributed by atoms with E-state index in [2.05, 4.69) is 15.6 Å². The maximum absolute atomic E-state index is 13.9. The van der Waals surface area contributed by atoms with Gasteiger partial charge in [-0.25, -0.2) is 8.78 Å². The quantitative estimate of drug-likeness (QED) is 0.213. The van der Waals surface area contributed by atoms with Gasteiger partial charge in [0.1, 0.15) is 23.4 Å². The zero-order valence-electron chi connectivity index (χ0n) is 19.9. The number of nitrogens with zero attached hydrogens (tertiary/aromatic N) is 1. The fraction of sp³-hybridized carbons (Fsp3) is 0.385. The van der Waals surface area contributed by atoms with Crippen molar-refractivity contribution in [1.82, 2.24) is 10.6 Å². The molecule has 1 amide bonds. The number of benzene rings is 2. The van der Waals surface area contributed by atoms with E-state index in [1.54, 1.807) is 32.0 Å². The van der Waals surface area contributed by atoms with Crippen LogP contribution in [0.1, 0.15) is 61.4 Å². The molecule has 0 aliphatic heterocycles. The number of nitrogens with one attached hydrogen (secondary N) is 2. The Hall–Kier alpha value is -3.07. The lowest BCUT2D eigenvalue weighted by Crippen LogP contribution is -2.38. The fourth-order valence-electron chi connectivity index (χ4n) is 3.60. The van der Waals surface area contributed by atoms with E-state index in [-0.39, 0.29) is 24.6 Å². The van der Waals surface area contributed by atoms with Crippen LogP contribution in [0.4, 0.5) is 22.0 Å². The molecule has 0 saturated heterocycles. The summed E-state index contributed by atoms with van der Waals surface area (Å²) in [5.74, 6) is -1.26. The third-order valence-corrected chi connectivity index (χ3v) is 5.39. The van der Waals surface area contributed by atoms with E-state index in [1.165, 1.54) is 37.5 Å². The van der Waals surface area contributed by atoms with Gasteiger partial charge in [0, 0.05) is 19.3 Å². The van der Waals surface area contributed by atoms with Crippen molar-refractivity contribution in [2.45, 2.75) is 57.8 Å². The van der Waals surface area contributed by atoms with Gasteiger partial charge in [0.05, 0.1) is 0 Å². The maximum Gasteiger partial charge on any atom is 0.432 e. The molecule has 190 valence electrons. The predicted molar refractivity (Wildman–Crippen MR) is 127 cm³/mol. The summed E-state index contributed by atoms with van der Waals surface area (Å²) in [5, 5.41) is 5.78. The van der Waals surface area contributed by atoms with Crippen LogP contribution in [0.2, 0.25) is 0 Å². The van der Waals surface area contributed by atoms with Gasteiger partial charge < -0.3 is 5.32 Å². The van der Waals surface area contributed by atoms with Crippen LogP contribution in [0.25, 0.3) is 0 Å². The molecule has 4 nitrogen and oxygen atoms in total. The highest BCUT2D eigenvalue weighted by Crippen LogP contribution is 2.28. The maximum atomic E-state index is 13.9. The van der Waals surface area contributed by atoms with E-state index in [9.17, 15) is 26.7 Å². The van der Waals surface area contributed by atoms with Crippen LogP contribution in [0.15, 0.2) is 59.2 Å². The molecule has 0 saturated carbocycles. The lowest BCUT2D eigenvalue weighted by molar-refractivity contribution is -0.123. The summed E-state index contributed by atoms with van der Waals surface area (Å²) in [4.78, 5) is 16.2. The molecule has 2 unspecified atom stereocenters. The van der Waals surface area contributed by atoms with Crippen molar-refractivity contribution >= 4 is 12.1 Å². The Kier molecular flexibility index (Phi) is 10.6. The zero-order chi connectivity index (χ0) is 26.0. The molecular weight excluding hydrogens is 465 g/mol. The van der Waals surface area contributed by atoms with Crippen LogP contribution >= 0.6 is 0 Å². The fourth-order valence-corrected chi connectivity index (χ4v) is 3.60. The summed E-state index contributed by atoms with van der Waals surface area (Å²) >= 11 is 0. The molecule has 0 bridgehead atoms. The first kappa shape index (κ1) is 28.2. The lowest BCUT2D eigenvalue weighted by atomic mass is 9.96. The van der Waals surface area contributed by atoms with E-state index >= 15 is 0 Å². The standard InChI is InChI=1S/C26H30F5N3O/c1-4-8-23(26(29,30)31)33-14-6-5-11-22(18-12-13-21(28)17(2)15-18)34-24(25(35)32-3)19-9-7-10-20(27)16-19/h7-10,12-16,22,24,34H,4-6,11H2,1-3H3,(H,32,35)/b23-8-,33-14?. The van der Waals surface area contributed by atoms with E-state index < -0.39 is 29.8 Å². The second kappa shape index (κ2) is 13.1. The Balaban J connectivity index is 2.25. The molecular formula is C26H30F5N3O. The van der Waals surface area contributed by atoms with Crippen molar-refractivity contribution in [3.8, 4) is 0 Å². The molecule has 0 heterocycles. The van der Waals surface area contributed by atoms with Crippen LogP contribution in [0, 0.1) is 18.6 Å². The van der Waals surface area contributed by atoms with Crippen LogP contribution in [0.3, 0.4) is 0 Å². The number of hydrogen-bond acceptors (Lipinski definition) is 3. The molecule has 0 radical (unpaired) electrons. The van der Waals surface area contributed by atoms with E-state index in [1.807, 2.05) is 0 Å². The van der Waals surface area contributed by atoms with Gasteiger partial charge in [-0.1, -0.05) is 37.3 Å². The molecule has 0 fully saturated rings. The summed E-state index contributed by atoms with van der Waals surface area (Å²) < 4.78 is 66.7. The number of halogens is 5. The van der Waals surface area contributed by atoms with E-state index in [0.29, 0.717) is 29.5 Å². The second-order valence-electron chi connectivity index (χ2n) is 8.07. The number of likely N-dealkylation sites (N-methyl/N-ethyl adjacent to an activating group) is 1. The normalized spacial score (nSPS) is 14.2. The average Bonchev–Trinajstić information content (AvgIpc) is 2.80. The third-order valence-electron chi connectivity index (χ3n) is 5.39. The van der Waals surface area contributed by atoms with Gasteiger partial charge in [-0.3, -0.25) is 15.1 Å². The van der Waals surface area contributed by atoms with Crippen LogP contribution in [0.5, 0.6) is 0 Å². The number of aliphatic imine (C=N–C) groups is 1. The van der Waals surface area contributed by atoms with Crippen molar-refractivity contribution < 1.29 is 26.7 Å². The highest BCUT2D eigenvalue weighted by molar-refractivity contribution is 5.83. The summed E-state index contributed by atoms with van der Waals surface area (Å²) in [6.07, 6.45) is -0.936. The predicted octanol–water partition coefficient (Wildman–Crippen LogP) is 6.49. The monoisotopic (exact) mass is 495 g/mol. The number of aryl methyl sites for hydroxylation is 1. The summed E-state index contributed by atoms with van der Waals surface area (Å²) in [5.41, 5.74) is 0.592. The van der Waals surface area contributed by atoms with Crippen molar-refractivity contribution in [1.29, 1.82) is 0 Å². The first-order chi connectivity index (χ1) is 16.6. The average molecular weight is 496 g/mol. The summed E-state index contributed by atoms with van der Waals surface area (Å²) in [6, 6.07) is 8.85. The van der Waals surface area contributed by atoms with Crippen LogP contribution in [-0.4, -0.2) is 25.3 Å². The highest BCUT2D eigenvalue weighted by atomic mass is 19.4. The van der Waals surface area contributed by atoms with Crippen molar-refractivity contribution in [2.24, 2.45) is 4.99 Å². The number of alkyl halides is 3. The number of unbranched alkanes of at least 4 members (excludes halogenated alkanes) is 1. The Morgan fingerprint density at radius 1 is 1.11 bits per heavy atom. The minimum Gasteiger partial charge on any atom is -0.358 e. The topological polar surface area (TPSA) is 53.5 Å². The Labute approximate surface area is 202 Å². The van der Waals surface area contributed by atoms with Gasteiger partial charge in [0.2, 0.25) is 5.91 Å². The molecule has 2 rings (SSSR count). The highest BCUT2D eigenvalue weighted by Gasteiger charge is 2.33. The van der Waals surface area contributed by atoms with Gasteiger partial charge in [-0.05, 0) is 67.5 Å². The molecule has 0 spiro atoms. The number of hydrogen-bond donors (Lipinski definition) is 2. The van der Waals surface area contributed by atoms with Crippen molar-refractivity contribution in [2.75, 3.05) is 7.05 Å². The first-order valence-corrected chi connectivity index (χ1v) is 11.4. The molecule has 2 N–H and O–H groups in total. The van der Waals surface area contributed by atoms with Gasteiger partial charge in [0.25, 0.3) is 0 Å². The number of carbonyl (C=O) groups is 1. The number of amides is 1. The first-order valence-electron chi connectivity index (χ1n) is 11.4. The number of rotatable bonds is 11. The van der Waals surface area contributed by atoms with Crippen LogP contribution < -0.4 is 10.6 Å². The van der Waals surface area contributed by atoms with Gasteiger partial charge >= 0.3 is 6.18 Å². The van der Waals surface area contributed by atoms with Gasteiger partial charge in [-0.2, -0.15) is 13.2 Å². The largest absolute Gasteiger partial charge is 0.432 e. The number of allylic oxidation sites excluding steroid dienone is 2. The molecule has 2 aromatic carbocycles.